The van der Waals surface area contributed by atoms with E-state index in [1.165, 1.54) is 0 Å². The molecule has 2 aromatic rings. The van der Waals surface area contributed by atoms with Gasteiger partial charge in [0.05, 0.1) is 11.2 Å². The lowest BCUT2D eigenvalue weighted by Crippen LogP contribution is -2.25. The Kier molecular flexibility index (Phi) is 7.72. The van der Waals surface area contributed by atoms with E-state index in [1.54, 1.807) is 18.5 Å². The Morgan fingerprint density at radius 2 is 1.74 bits per heavy atom. The summed E-state index contributed by atoms with van der Waals surface area (Å²) < 4.78 is 10.8. The molecule has 4 heterocycles. The molecule has 0 unspecified atom stereocenters. The van der Waals surface area contributed by atoms with Gasteiger partial charge in [0, 0.05) is 62.8 Å². The van der Waals surface area contributed by atoms with Crippen LogP contribution in [0.25, 0.3) is 11.3 Å². The molecule has 7 nitrogen and oxygen atoms in total. The summed E-state index contributed by atoms with van der Waals surface area (Å²) in [5.41, 5.74) is 1.75. The molecule has 0 amide bonds. The second kappa shape index (κ2) is 10.7. The molecule has 0 atom stereocenters. The molecule has 0 saturated carbocycles. The average Bonchev–Trinajstić information content (AvgIpc) is 2.81. The molecule has 4 rings (SSSR count). The van der Waals surface area contributed by atoms with Crippen molar-refractivity contribution in [3.8, 4) is 11.3 Å². The van der Waals surface area contributed by atoms with Gasteiger partial charge >= 0.3 is 0 Å². The summed E-state index contributed by atoms with van der Waals surface area (Å²) >= 11 is 12.8. The van der Waals surface area contributed by atoms with Crippen LogP contribution in [0.15, 0.2) is 18.5 Å². The molecule has 9 heteroatoms. The fraction of sp³-hybridized carbons (Fsp3) is 0.545. The molecule has 2 aliphatic rings. The van der Waals surface area contributed by atoms with Crippen LogP contribution in [0.1, 0.15) is 31.4 Å². The lowest BCUT2D eigenvalue weighted by atomic mass is 9.92. The van der Waals surface area contributed by atoms with Gasteiger partial charge in [-0.15, -0.1) is 0 Å². The van der Waals surface area contributed by atoms with E-state index in [4.69, 9.17) is 32.7 Å². The normalized spacial score (nSPS) is 18.1. The topological polar surface area (TPSA) is 86.2 Å². The first-order valence-electron chi connectivity index (χ1n) is 10.7. The zero-order chi connectivity index (χ0) is 21.6. The van der Waals surface area contributed by atoms with Crippen LogP contribution < -0.4 is 5.32 Å². The highest BCUT2D eigenvalue weighted by molar-refractivity contribution is 6.35. The van der Waals surface area contributed by atoms with E-state index < -0.39 is 0 Å². The van der Waals surface area contributed by atoms with Crippen molar-refractivity contribution in [1.82, 2.24) is 15.0 Å². The van der Waals surface area contributed by atoms with Crippen molar-refractivity contribution in [3.05, 3.63) is 34.3 Å². The summed E-state index contributed by atoms with van der Waals surface area (Å²) in [6.07, 6.45) is 7.00. The number of hydrogen-bond acceptors (Lipinski definition) is 7. The number of anilines is 1. The zero-order valence-electron chi connectivity index (χ0n) is 17.3. The van der Waals surface area contributed by atoms with E-state index in [1.807, 2.05) is 0 Å². The fourth-order valence-electron chi connectivity index (χ4n) is 3.93. The smallest absolute Gasteiger partial charge is 0.155 e. The Labute approximate surface area is 191 Å². The van der Waals surface area contributed by atoms with Crippen molar-refractivity contribution < 1.29 is 14.3 Å². The number of Topliss-reactive ketones (excluding diaryl/α,β-unsaturated/α-hetero) is 1. The van der Waals surface area contributed by atoms with E-state index in [-0.39, 0.29) is 23.3 Å². The zero-order valence-corrected chi connectivity index (χ0v) is 18.8. The highest BCUT2D eigenvalue weighted by Crippen LogP contribution is 2.32. The number of hydrogen-bond donors (Lipinski definition) is 1. The van der Waals surface area contributed by atoms with Crippen molar-refractivity contribution in [2.45, 2.75) is 32.1 Å². The van der Waals surface area contributed by atoms with Crippen LogP contribution in [-0.4, -0.2) is 53.7 Å². The minimum Gasteiger partial charge on any atom is -0.381 e. The summed E-state index contributed by atoms with van der Waals surface area (Å²) in [4.78, 5) is 25.9. The molecule has 0 aliphatic carbocycles. The number of nitrogens with one attached hydrogen (secondary N) is 1. The summed E-state index contributed by atoms with van der Waals surface area (Å²) in [7, 11) is 0. The Morgan fingerprint density at radius 1 is 1.03 bits per heavy atom. The minimum atomic E-state index is 0.0239. The molecule has 2 aromatic heterocycles. The van der Waals surface area contributed by atoms with Gasteiger partial charge in [-0.2, -0.15) is 0 Å². The average molecular weight is 465 g/mol. The summed E-state index contributed by atoms with van der Waals surface area (Å²) in [6, 6.07) is 1.79. The largest absolute Gasteiger partial charge is 0.381 e. The van der Waals surface area contributed by atoms with Crippen molar-refractivity contribution in [1.29, 1.82) is 0 Å². The number of ketones is 1. The van der Waals surface area contributed by atoms with Crippen LogP contribution in [0.5, 0.6) is 0 Å². The third kappa shape index (κ3) is 5.92. The van der Waals surface area contributed by atoms with Crippen LogP contribution in [0.2, 0.25) is 10.2 Å². The standard InChI is InChI=1S/C22H26Cl2N4O3/c23-18-12-25-16(10-19(29)15-3-7-31-8-4-15)9-17(18)21-22(24)27-13-20(28-21)26-11-14-1-5-30-6-2-14/h9,12-15H,1-8,10-11H2,(H,26,28). The van der Waals surface area contributed by atoms with Gasteiger partial charge in [-0.25, -0.2) is 9.97 Å². The van der Waals surface area contributed by atoms with Gasteiger partial charge in [0.25, 0.3) is 0 Å². The number of carbonyl (C=O) groups is 1. The highest BCUT2D eigenvalue weighted by atomic mass is 35.5. The SMILES string of the molecule is O=C(Cc1cc(-c2nc(NCC3CCOCC3)cnc2Cl)c(Cl)cn1)C1CCOCC1. The maximum Gasteiger partial charge on any atom is 0.155 e. The molecule has 2 fully saturated rings. The minimum absolute atomic E-state index is 0.0239. The first-order valence-corrected chi connectivity index (χ1v) is 11.4. The Morgan fingerprint density at radius 3 is 2.48 bits per heavy atom. The van der Waals surface area contributed by atoms with Crippen LogP contribution in [0.4, 0.5) is 5.82 Å². The number of halogens is 2. The molecule has 0 radical (unpaired) electrons. The Hall–Kier alpha value is -1.80. The maximum absolute atomic E-state index is 12.7. The van der Waals surface area contributed by atoms with Crippen LogP contribution in [0.3, 0.4) is 0 Å². The van der Waals surface area contributed by atoms with Crippen LogP contribution >= 0.6 is 23.2 Å². The van der Waals surface area contributed by atoms with Gasteiger partial charge < -0.3 is 14.8 Å². The number of carbonyl (C=O) groups excluding carboxylic acids is 1. The third-order valence-electron chi connectivity index (χ3n) is 5.84. The van der Waals surface area contributed by atoms with Crippen LogP contribution in [-0.2, 0) is 20.7 Å². The van der Waals surface area contributed by atoms with Crippen LogP contribution in [0, 0.1) is 11.8 Å². The summed E-state index contributed by atoms with van der Waals surface area (Å²) in [5, 5.41) is 4.02. The predicted molar refractivity (Wildman–Crippen MR) is 120 cm³/mol. The van der Waals surface area contributed by atoms with Gasteiger partial charge in [0.1, 0.15) is 17.3 Å². The molecule has 166 valence electrons. The third-order valence-corrected chi connectivity index (χ3v) is 6.42. The molecule has 2 aliphatic heterocycles. The van der Waals surface area contributed by atoms with E-state index in [0.29, 0.717) is 46.9 Å². The highest BCUT2D eigenvalue weighted by Gasteiger charge is 2.23. The molecule has 0 bridgehead atoms. The number of rotatable bonds is 7. The first-order chi connectivity index (χ1) is 15.1. The van der Waals surface area contributed by atoms with E-state index in [2.05, 4.69) is 20.3 Å². The molecular formula is C22H26Cl2N4O3. The van der Waals surface area contributed by atoms with Crippen molar-refractivity contribution in [2.24, 2.45) is 11.8 Å². The summed E-state index contributed by atoms with van der Waals surface area (Å²) in [6.45, 7) is 3.66. The van der Waals surface area contributed by atoms with E-state index >= 15 is 0 Å². The number of pyridine rings is 1. The predicted octanol–water partition coefficient (Wildman–Crippen LogP) is 4.22. The van der Waals surface area contributed by atoms with Gasteiger partial charge in [-0.3, -0.25) is 9.78 Å². The number of ether oxygens (including phenoxy) is 2. The molecule has 1 N–H and O–H groups in total. The molecular weight excluding hydrogens is 439 g/mol. The maximum atomic E-state index is 12.7. The second-order valence-corrected chi connectivity index (χ2v) is 8.78. The number of nitrogens with zero attached hydrogens (tertiary/aromatic N) is 3. The first kappa shape index (κ1) is 22.4. The molecule has 0 aromatic carbocycles. The molecule has 31 heavy (non-hydrogen) atoms. The van der Waals surface area contributed by atoms with Gasteiger partial charge in [-0.1, -0.05) is 23.2 Å². The van der Waals surface area contributed by atoms with Gasteiger partial charge in [0.15, 0.2) is 5.15 Å². The monoisotopic (exact) mass is 464 g/mol. The quantitative estimate of drug-likeness (QED) is 0.655. The van der Waals surface area contributed by atoms with Gasteiger partial charge in [0.2, 0.25) is 0 Å². The van der Waals surface area contributed by atoms with Crippen molar-refractivity contribution >= 4 is 34.8 Å². The molecule has 0 spiro atoms. The Balaban J connectivity index is 1.49. The van der Waals surface area contributed by atoms with E-state index in [0.717, 1.165) is 45.4 Å². The lowest BCUT2D eigenvalue weighted by Gasteiger charge is -2.22. The Bertz CT molecular complexity index is 916. The van der Waals surface area contributed by atoms with E-state index in [9.17, 15) is 4.79 Å². The number of aromatic nitrogens is 3. The fourth-order valence-corrected chi connectivity index (χ4v) is 4.32. The van der Waals surface area contributed by atoms with Crippen molar-refractivity contribution in [2.75, 3.05) is 38.3 Å². The summed E-state index contributed by atoms with van der Waals surface area (Å²) in [5.74, 6) is 1.38. The van der Waals surface area contributed by atoms with Gasteiger partial charge in [-0.05, 0) is 37.7 Å². The second-order valence-electron chi connectivity index (χ2n) is 8.02. The molecule has 2 saturated heterocycles. The lowest BCUT2D eigenvalue weighted by molar-refractivity contribution is -0.125. The van der Waals surface area contributed by atoms with Crippen molar-refractivity contribution in [3.63, 3.8) is 0 Å².